The molecule has 0 radical (unpaired) electrons. The predicted octanol–water partition coefficient (Wildman–Crippen LogP) is 1.84. The maximum atomic E-state index is 12.2. The van der Waals surface area contributed by atoms with Crippen LogP contribution in [0.25, 0.3) is 0 Å². The molecule has 0 bridgehead atoms. The van der Waals surface area contributed by atoms with Gasteiger partial charge in [-0.3, -0.25) is 14.4 Å². The van der Waals surface area contributed by atoms with Crippen LogP contribution in [0.5, 0.6) is 5.75 Å². The number of rotatable bonds is 9. The summed E-state index contributed by atoms with van der Waals surface area (Å²) >= 11 is 0. The largest absolute Gasteiger partial charge is 0.496 e. The van der Waals surface area contributed by atoms with Crippen molar-refractivity contribution in [1.29, 1.82) is 0 Å². The number of methoxy groups -OCH3 is 1. The first-order chi connectivity index (χ1) is 10.7. The Balaban J connectivity index is 2.74. The first-order valence-electron chi connectivity index (χ1n) is 7.42. The number of carboxylic acids is 1. The SMILES string of the molecule is COc1ccc(C(C)=O)cc1CC(=O)CC(C)C[C@H](N)C(=O)O. The van der Waals surface area contributed by atoms with Crippen LogP contribution in [0.4, 0.5) is 0 Å². The topological polar surface area (TPSA) is 107 Å². The minimum absolute atomic E-state index is 0.0471. The normalized spacial score (nSPS) is 13.2. The third-order valence-electron chi connectivity index (χ3n) is 3.62. The number of ketones is 2. The minimum atomic E-state index is -1.07. The quantitative estimate of drug-likeness (QED) is 0.672. The van der Waals surface area contributed by atoms with Gasteiger partial charge in [0.1, 0.15) is 17.6 Å². The lowest BCUT2D eigenvalue weighted by Gasteiger charge is -2.14. The van der Waals surface area contributed by atoms with Gasteiger partial charge < -0.3 is 15.6 Å². The molecule has 6 heteroatoms. The van der Waals surface area contributed by atoms with Crippen LogP contribution in [0.1, 0.15) is 42.6 Å². The van der Waals surface area contributed by atoms with E-state index >= 15 is 0 Å². The Morgan fingerprint density at radius 2 is 1.96 bits per heavy atom. The molecule has 0 heterocycles. The fraction of sp³-hybridized carbons (Fsp3) is 0.471. The summed E-state index contributed by atoms with van der Waals surface area (Å²) in [6.07, 6.45) is 0.608. The summed E-state index contributed by atoms with van der Waals surface area (Å²) in [4.78, 5) is 34.4. The van der Waals surface area contributed by atoms with Crippen LogP contribution in [0, 0.1) is 5.92 Å². The third kappa shape index (κ3) is 5.83. The number of benzene rings is 1. The maximum Gasteiger partial charge on any atom is 0.320 e. The molecule has 126 valence electrons. The number of carbonyl (C=O) groups excluding carboxylic acids is 2. The highest BCUT2D eigenvalue weighted by Gasteiger charge is 2.19. The van der Waals surface area contributed by atoms with Gasteiger partial charge in [0.25, 0.3) is 0 Å². The molecule has 0 amide bonds. The van der Waals surface area contributed by atoms with Gasteiger partial charge in [-0.1, -0.05) is 6.92 Å². The summed E-state index contributed by atoms with van der Waals surface area (Å²) in [7, 11) is 1.51. The van der Waals surface area contributed by atoms with Gasteiger partial charge in [0.05, 0.1) is 7.11 Å². The van der Waals surface area contributed by atoms with E-state index in [4.69, 9.17) is 15.6 Å². The van der Waals surface area contributed by atoms with E-state index in [1.807, 2.05) is 0 Å². The van der Waals surface area contributed by atoms with Gasteiger partial charge in [0.2, 0.25) is 0 Å². The number of carboxylic acid groups (broad SMARTS) is 1. The van der Waals surface area contributed by atoms with Gasteiger partial charge in [0, 0.05) is 24.0 Å². The summed E-state index contributed by atoms with van der Waals surface area (Å²) in [5, 5.41) is 8.79. The van der Waals surface area contributed by atoms with Crippen molar-refractivity contribution < 1.29 is 24.2 Å². The Labute approximate surface area is 135 Å². The molecule has 0 fully saturated rings. The van der Waals surface area contributed by atoms with Crippen molar-refractivity contribution >= 4 is 17.5 Å². The zero-order valence-electron chi connectivity index (χ0n) is 13.7. The lowest BCUT2D eigenvalue weighted by atomic mass is 9.93. The Hall–Kier alpha value is -2.21. The van der Waals surface area contributed by atoms with Gasteiger partial charge in [-0.2, -0.15) is 0 Å². The van der Waals surface area contributed by atoms with E-state index in [0.717, 1.165) is 0 Å². The smallest absolute Gasteiger partial charge is 0.320 e. The second kappa shape index (κ2) is 8.43. The molecule has 3 N–H and O–H groups in total. The monoisotopic (exact) mass is 321 g/mol. The molecule has 0 aliphatic heterocycles. The van der Waals surface area contributed by atoms with Crippen molar-refractivity contribution in [3.05, 3.63) is 29.3 Å². The van der Waals surface area contributed by atoms with Crippen molar-refractivity contribution in [2.45, 2.75) is 39.2 Å². The minimum Gasteiger partial charge on any atom is -0.496 e. The van der Waals surface area contributed by atoms with Crippen LogP contribution < -0.4 is 10.5 Å². The summed E-state index contributed by atoms with van der Waals surface area (Å²) in [6.45, 7) is 3.26. The number of ether oxygens (including phenoxy) is 1. The van der Waals surface area contributed by atoms with Crippen molar-refractivity contribution in [2.24, 2.45) is 11.7 Å². The van der Waals surface area contributed by atoms with Crippen LogP contribution in [-0.2, 0) is 16.0 Å². The summed E-state index contributed by atoms with van der Waals surface area (Å²) in [5.41, 5.74) is 6.65. The number of hydrogen-bond acceptors (Lipinski definition) is 5. The van der Waals surface area contributed by atoms with Gasteiger partial charge in [-0.15, -0.1) is 0 Å². The number of aliphatic carboxylic acids is 1. The second-order valence-corrected chi connectivity index (χ2v) is 5.79. The number of Topliss-reactive ketones (excluding diaryl/α,β-unsaturated/α-hetero) is 2. The number of carbonyl (C=O) groups is 3. The number of nitrogens with two attached hydrogens (primary N) is 1. The van der Waals surface area contributed by atoms with E-state index in [1.165, 1.54) is 14.0 Å². The van der Waals surface area contributed by atoms with E-state index in [-0.39, 0.29) is 36.7 Å². The first kappa shape index (κ1) is 18.8. The number of hydrogen-bond donors (Lipinski definition) is 2. The zero-order valence-corrected chi connectivity index (χ0v) is 13.7. The zero-order chi connectivity index (χ0) is 17.6. The highest BCUT2D eigenvalue weighted by atomic mass is 16.5. The first-order valence-corrected chi connectivity index (χ1v) is 7.42. The molecule has 23 heavy (non-hydrogen) atoms. The molecular weight excluding hydrogens is 298 g/mol. The van der Waals surface area contributed by atoms with Gasteiger partial charge >= 0.3 is 5.97 Å². The van der Waals surface area contributed by atoms with E-state index in [2.05, 4.69) is 0 Å². The predicted molar refractivity (Wildman–Crippen MR) is 85.7 cm³/mol. The van der Waals surface area contributed by atoms with Crippen LogP contribution in [0.2, 0.25) is 0 Å². The molecule has 0 saturated heterocycles. The summed E-state index contributed by atoms with van der Waals surface area (Å²) in [6, 6.07) is 4.02. The molecule has 1 rings (SSSR count). The van der Waals surface area contributed by atoms with E-state index in [1.54, 1.807) is 25.1 Å². The molecular formula is C17H23NO5. The average molecular weight is 321 g/mol. The van der Waals surface area contributed by atoms with Crippen molar-refractivity contribution in [3.8, 4) is 5.75 Å². The lowest BCUT2D eigenvalue weighted by Crippen LogP contribution is -2.32. The Bertz CT molecular complexity index is 597. The standard InChI is InChI=1S/C17H23NO5/c1-10(7-15(18)17(21)22)6-14(20)9-13-8-12(11(2)19)4-5-16(13)23-3/h4-5,8,10,15H,6-7,9,18H2,1-3H3,(H,21,22)/t10?,15-/m0/s1. The second-order valence-electron chi connectivity index (χ2n) is 5.79. The van der Waals surface area contributed by atoms with Crippen molar-refractivity contribution in [1.82, 2.24) is 0 Å². The fourth-order valence-electron chi connectivity index (χ4n) is 2.43. The Kier molecular flexibility index (Phi) is 6.90. The lowest BCUT2D eigenvalue weighted by molar-refractivity contribution is -0.139. The van der Waals surface area contributed by atoms with Crippen LogP contribution in [-0.4, -0.2) is 35.8 Å². The van der Waals surface area contributed by atoms with Crippen LogP contribution in [0.15, 0.2) is 18.2 Å². The maximum absolute atomic E-state index is 12.2. The molecule has 0 spiro atoms. The summed E-state index contributed by atoms with van der Waals surface area (Å²) < 4.78 is 5.22. The van der Waals surface area contributed by atoms with Gasteiger partial charge in [0.15, 0.2) is 5.78 Å². The molecule has 1 unspecified atom stereocenters. The molecule has 6 nitrogen and oxygen atoms in total. The Morgan fingerprint density at radius 3 is 2.48 bits per heavy atom. The molecule has 0 aromatic heterocycles. The Morgan fingerprint density at radius 1 is 1.30 bits per heavy atom. The molecule has 0 saturated carbocycles. The van der Waals surface area contributed by atoms with E-state index in [0.29, 0.717) is 16.9 Å². The molecule has 1 aromatic rings. The third-order valence-corrected chi connectivity index (χ3v) is 3.62. The highest BCUT2D eigenvalue weighted by molar-refractivity contribution is 5.94. The van der Waals surface area contributed by atoms with E-state index < -0.39 is 12.0 Å². The van der Waals surface area contributed by atoms with Crippen LogP contribution in [0.3, 0.4) is 0 Å². The van der Waals surface area contributed by atoms with Gasteiger partial charge in [-0.05, 0) is 37.5 Å². The molecule has 2 atom stereocenters. The fourth-order valence-corrected chi connectivity index (χ4v) is 2.43. The molecule has 0 aliphatic rings. The van der Waals surface area contributed by atoms with Crippen molar-refractivity contribution in [2.75, 3.05) is 7.11 Å². The van der Waals surface area contributed by atoms with Crippen molar-refractivity contribution in [3.63, 3.8) is 0 Å². The van der Waals surface area contributed by atoms with Gasteiger partial charge in [-0.25, -0.2) is 0 Å². The molecule has 1 aromatic carbocycles. The average Bonchev–Trinajstić information content (AvgIpc) is 2.46. The van der Waals surface area contributed by atoms with Crippen LogP contribution >= 0.6 is 0 Å². The van der Waals surface area contributed by atoms with E-state index in [9.17, 15) is 14.4 Å². The highest BCUT2D eigenvalue weighted by Crippen LogP contribution is 2.22. The molecule has 0 aliphatic carbocycles. The summed E-state index contributed by atoms with van der Waals surface area (Å²) in [5.74, 6) is -0.773.